The van der Waals surface area contributed by atoms with Crippen LogP contribution in [0.4, 0.5) is 11.5 Å². The second-order valence-electron chi connectivity index (χ2n) is 3.15. The molecule has 0 saturated carbocycles. The molecule has 0 atom stereocenters. The lowest BCUT2D eigenvalue weighted by atomic mass is 10.3. The molecule has 0 aliphatic heterocycles. The summed E-state index contributed by atoms with van der Waals surface area (Å²) in [5.74, 6) is 0.283. The predicted molar refractivity (Wildman–Crippen MR) is 59.6 cm³/mol. The highest BCUT2D eigenvalue weighted by molar-refractivity contribution is 6.03. The second-order valence-corrected chi connectivity index (χ2v) is 3.15. The summed E-state index contributed by atoms with van der Waals surface area (Å²) in [6.45, 7) is 0. The summed E-state index contributed by atoms with van der Waals surface area (Å²) < 4.78 is 0. The Hall–Kier alpha value is -2.23. The monoisotopic (exact) mass is 201 g/mol. The number of anilines is 2. The van der Waals surface area contributed by atoms with Crippen molar-refractivity contribution in [3.8, 4) is 0 Å². The molecule has 76 valence electrons. The molecule has 0 fully saturated rings. The number of para-hydroxylation sites is 1. The van der Waals surface area contributed by atoms with Crippen LogP contribution < -0.4 is 11.1 Å². The number of hydrogen-bond donors (Lipinski definition) is 3. The van der Waals surface area contributed by atoms with Crippen molar-refractivity contribution in [3.63, 3.8) is 0 Å². The summed E-state index contributed by atoms with van der Waals surface area (Å²) in [4.78, 5) is 14.4. The average Bonchev–Trinajstić information content (AvgIpc) is 2.66. The van der Waals surface area contributed by atoms with Gasteiger partial charge in [0, 0.05) is 5.69 Å². The van der Waals surface area contributed by atoms with E-state index in [4.69, 9.17) is 5.73 Å². The third-order valence-electron chi connectivity index (χ3n) is 1.98. The van der Waals surface area contributed by atoms with E-state index in [0.29, 0.717) is 11.5 Å². The molecule has 1 amide bonds. The lowest BCUT2D eigenvalue weighted by Crippen LogP contribution is -2.12. The van der Waals surface area contributed by atoms with Gasteiger partial charge in [0.2, 0.25) is 0 Å². The Morgan fingerprint density at radius 1 is 1.13 bits per heavy atom. The minimum absolute atomic E-state index is 0.196. The first-order valence-corrected chi connectivity index (χ1v) is 4.56. The van der Waals surface area contributed by atoms with Crippen molar-refractivity contribution in [2.24, 2.45) is 0 Å². The van der Waals surface area contributed by atoms with Gasteiger partial charge in [-0.25, -0.2) is 0 Å². The SMILES string of the molecule is Nc1ccc(C(=O)Nc2ccccc2)[nH]1. The Labute approximate surface area is 87.1 Å². The molecule has 15 heavy (non-hydrogen) atoms. The summed E-state index contributed by atoms with van der Waals surface area (Å²) in [6.07, 6.45) is 0. The van der Waals surface area contributed by atoms with Crippen LogP contribution >= 0.6 is 0 Å². The quantitative estimate of drug-likeness (QED) is 0.693. The first-order chi connectivity index (χ1) is 7.25. The van der Waals surface area contributed by atoms with Crippen molar-refractivity contribution in [3.05, 3.63) is 48.2 Å². The van der Waals surface area contributed by atoms with Crippen molar-refractivity contribution < 1.29 is 4.79 Å². The summed E-state index contributed by atoms with van der Waals surface area (Å²) in [7, 11) is 0. The van der Waals surface area contributed by atoms with E-state index in [1.54, 1.807) is 12.1 Å². The third kappa shape index (κ3) is 2.17. The average molecular weight is 201 g/mol. The van der Waals surface area contributed by atoms with Gasteiger partial charge in [0.05, 0.1) is 0 Å². The summed E-state index contributed by atoms with van der Waals surface area (Å²) in [5.41, 5.74) is 6.69. The number of carbonyl (C=O) groups is 1. The smallest absolute Gasteiger partial charge is 0.272 e. The van der Waals surface area contributed by atoms with Gasteiger partial charge in [0.25, 0.3) is 5.91 Å². The van der Waals surface area contributed by atoms with E-state index in [1.165, 1.54) is 0 Å². The lowest BCUT2D eigenvalue weighted by Gasteiger charge is -2.02. The van der Waals surface area contributed by atoms with E-state index in [2.05, 4.69) is 10.3 Å². The van der Waals surface area contributed by atoms with Crippen LogP contribution in [-0.2, 0) is 0 Å². The fraction of sp³-hybridized carbons (Fsp3) is 0. The summed E-state index contributed by atoms with van der Waals surface area (Å²) >= 11 is 0. The standard InChI is InChI=1S/C11H11N3O/c12-10-7-6-9(14-10)11(15)13-8-4-2-1-3-5-8/h1-7,14H,12H2,(H,13,15). The number of nitrogens with two attached hydrogens (primary N) is 1. The van der Waals surface area contributed by atoms with Crippen LogP contribution in [-0.4, -0.2) is 10.9 Å². The molecular weight excluding hydrogens is 190 g/mol. The lowest BCUT2D eigenvalue weighted by molar-refractivity contribution is 0.102. The van der Waals surface area contributed by atoms with Crippen LogP contribution in [0.15, 0.2) is 42.5 Å². The number of aromatic amines is 1. The molecule has 0 aliphatic rings. The highest BCUT2D eigenvalue weighted by Gasteiger charge is 2.06. The molecule has 1 aromatic heterocycles. The number of hydrogen-bond acceptors (Lipinski definition) is 2. The van der Waals surface area contributed by atoms with E-state index in [1.807, 2.05) is 30.3 Å². The first-order valence-electron chi connectivity index (χ1n) is 4.56. The van der Waals surface area contributed by atoms with Crippen molar-refractivity contribution in [1.82, 2.24) is 4.98 Å². The number of carbonyl (C=O) groups excluding carboxylic acids is 1. The molecule has 0 saturated heterocycles. The topological polar surface area (TPSA) is 70.9 Å². The first kappa shape index (κ1) is 9.33. The van der Waals surface area contributed by atoms with Gasteiger partial charge in [-0.1, -0.05) is 18.2 Å². The van der Waals surface area contributed by atoms with E-state index >= 15 is 0 Å². The molecule has 1 aromatic carbocycles. The predicted octanol–water partition coefficient (Wildman–Crippen LogP) is 1.85. The van der Waals surface area contributed by atoms with Crippen LogP contribution in [0.1, 0.15) is 10.5 Å². The van der Waals surface area contributed by atoms with E-state index < -0.39 is 0 Å². The zero-order valence-corrected chi connectivity index (χ0v) is 8.03. The number of H-pyrrole nitrogens is 1. The maximum atomic E-state index is 11.6. The molecule has 0 unspecified atom stereocenters. The molecule has 4 nitrogen and oxygen atoms in total. The second kappa shape index (κ2) is 3.88. The number of amides is 1. The van der Waals surface area contributed by atoms with Crippen LogP contribution in [0.5, 0.6) is 0 Å². The van der Waals surface area contributed by atoms with Gasteiger partial charge in [-0.15, -0.1) is 0 Å². The zero-order chi connectivity index (χ0) is 10.7. The van der Waals surface area contributed by atoms with Gasteiger partial charge in [-0.2, -0.15) is 0 Å². The largest absolute Gasteiger partial charge is 0.385 e. The molecular formula is C11H11N3O. The van der Waals surface area contributed by atoms with Crippen LogP contribution in [0.3, 0.4) is 0 Å². The van der Waals surface area contributed by atoms with Crippen molar-refractivity contribution in [1.29, 1.82) is 0 Å². The molecule has 0 aliphatic carbocycles. The van der Waals surface area contributed by atoms with Crippen molar-refractivity contribution in [2.75, 3.05) is 11.1 Å². The van der Waals surface area contributed by atoms with Gasteiger partial charge < -0.3 is 16.0 Å². The number of benzene rings is 1. The van der Waals surface area contributed by atoms with Crippen LogP contribution in [0.25, 0.3) is 0 Å². The van der Waals surface area contributed by atoms with E-state index in [9.17, 15) is 4.79 Å². The number of nitrogens with one attached hydrogen (secondary N) is 2. The molecule has 1 heterocycles. The molecule has 0 bridgehead atoms. The van der Waals surface area contributed by atoms with Gasteiger partial charge >= 0.3 is 0 Å². The Morgan fingerprint density at radius 2 is 1.87 bits per heavy atom. The normalized spacial score (nSPS) is 9.87. The van der Waals surface area contributed by atoms with Gasteiger partial charge in [0.1, 0.15) is 11.5 Å². The Morgan fingerprint density at radius 3 is 2.47 bits per heavy atom. The number of nitrogen functional groups attached to an aromatic ring is 1. The highest BCUT2D eigenvalue weighted by atomic mass is 16.1. The number of rotatable bonds is 2. The maximum Gasteiger partial charge on any atom is 0.272 e. The fourth-order valence-electron chi connectivity index (χ4n) is 1.26. The van der Waals surface area contributed by atoms with Crippen LogP contribution in [0, 0.1) is 0 Å². The highest BCUT2D eigenvalue weighted by Crippen LogP contribution is 2.09. The fourth-order valence-corrected chi connectivity index (χ4v) is 1.26. The van der Waals surface area contributed by atoms with E-state index in [-0.39, 0.29) is 5.91 Å². The third-order valence-corrected chi connectivity index (χ3v) is 1.98. The molecule has 4 N–H and O–H groups in total. The Bertz CT molecular complexity index is 462. The minimum atomic E-state index is -0.196. The minimum Gasteiger partial charge on any atom is -0.385 e. The van der Waals surface area contributed by atoms with Gasteiger partial charge in [-0.3, -0.25) is 4.79 Å². The summed E-state index contributed by atoms with van der Waals surface area (Å²) in [5, 5.41) is 2.75. The maximum absolute atomic E-state index is 11.6. The zero-order valence-electron chi connectivity index (χ0n) is 8.03. The van der Waals surface area contributed by atoms with Gasteiger partial charge in [-0.05, 0) is 24.3 Å². The van der Waals surface area contributed by atoms with Crippen molar-refractivity contribution in [2.45, 2.75) is 0 Å². The molecule has 0 spiro atoms. The van der Waals surface area contributed by atoms with E-state index in [0.717, 1.165) is 5.69 Å². The van der Waals surface area contributed by atoms with Crippen LogP contribution in [0.2, 0.25) is 0 Å². The molecule has 2 rings (SSSR count). The molecule has 4 heteroatoms. The Kier molecular flexibility index (Phi) is 2.41. The molecule has 0 radical (unpaired) electrons. The number of aromatic nitrogens is 1. The van der Waals surface area contributed by atoms with Gasteiger partial charge in [0.15, 0.2) is 0 Å². The molecule has 2 aromatic rings. The summed E-state index contributed by atoms with van der Waals surface area (Å²) in [6, 6.07) is 12.6. The Balaban J connectivity index is 2.11. The van der Waals surface area contributed by atoms with Crippen molar-refractivity contribution >= 4 is 17.4 Å².